The lowest BCUT2D eigenvalue weighted by atomic mass is 10.1. The monoisotopic (exact) mass is 496 g/mol. The van der Waals surface area contributed by atoms with E-state index in [0.29, 0.717) is 25.9 Å². The Morgan fingerprint density at radius 1 is 1.10 bits per heavy atom. The summed E-state index contributed by atoms with van der Waals surface area (Å²) >= 11 is 18.2. The molecule has 2 aromatic carbocycles. The van der Waals surface area contributed by atoms with Gasteiger partial charge in [-0.05, 0) is 67.5 Å². The fourth-order valence-corrected chi connectivity index (χ4v) is 3.73. The summed E-state index contributed by atoms with van der Waals surface area (Å²) in [5.41, 5.74) is 2.35. The van der Waals surface area contributed by atoms with E-state index in [1.54, 1.807) is 12.1 Å². The van der Waals surface area contributed by atoms with E-state index in [2.05, 4.69) is 20.8 Å². The Hall–Kier alpha value is -2.46. The van der Waals surface area contributed by atoms with Crippen molar-refractivity contribution in [3.05, 3.63) is 62.6 Å². The van der Waals surface area contributed by atoms with E-state index in [0.717, 1.165) is 11.3 Å². The molecule has 162 valence electrons. The van der Waals surface area contributed by atoms with Crippen molar-refractivity contribution in [1.82, 2.24) is 15.5 Å². The van der Waals surface area contributed by atoms with Crippen molar-refractivity contribution in [2.75, 3.05) is 11.9 Å². The van der Waals surface area contributed by atoms with Crippen LogP contribution in [0.2, 0.25) is 10.0 Å². The number of benzene rings is 2. The third-order valence-electron chi connectivity index (χ3n) is 4.03. The molecule has 0 saturated heterocycles. The third kappa shape index (κ3) is 7.03. The maximum absolute atomic E-state index is 12.0. The van der Waals surface area contributed by atoms with Gasteiger partial charge in [0.2, 0.25) is 5.13 Å². The number of carbonyl (C=O) groups excluding carboxylic acids is 1. The van der Waals surface area contributed by atoms with Gasteiger partial charge in [-0.15, -0.1) is 10.2 Å². The number of nitrogens with one attached hydrogen (secondary N) is 2. The smallest absolute Gasteiger partial charge is 0.264 e. The summed E-state index contributed by atoms with van der Waals surface area (Å²) in [6.07, 6.45) is 0. The van der Waals surface area contributed by atoms with Gasteiger partial charge < -0.3 is 14.8 Å². The second kappa shape index (κ2) is 10.7. The molecule has 1 amide bonds. The fraction of sp³-hybridized carbons (Fsp3) is 0.200. The highest BCUT2D eigenvalue weighted by Crippen LogP contribution is 2.27. The predicted molar refractivity (Wildman–Crippen MR) is 126 cm³/mol. The number of aromatic nitrogens is 2. The van der Waals surface area contributed by atoms with Crippen LogP contribution in [0.25, 0.3) is 0 Å². The minimum absolute atomic E-state index is 0.0774. The van der Waals surface area contributed by atoms with Crippen LogP contribution in [0.4, 0.5) is 5.13 Å². The molecule has 11 heteroatoms. The summed E-state index contributed by atoms with van der Waals surface area (Å²) in [6, 6.07) is 10.6. The number of anilines is 1. The molecule has 0 fully saturated rings. The topological polar surface area (TPSA) is 85.4 Å². The molecule has 0 unspecified atom stereocenters. The van der Waals surface area contributed by atoms with Crippen molar-refractivity contribution in [2.45, 2.75) is 20.5 Å². The number of hydrogen-bond donors (Lipinski definition) is 2. The highest BCUT2D eigenvalue weighted by atomic mass is 35.5. The predicted octanol–water partition coefficient (Wildman–Crippen LogP) is 4.93. The number of aryl methyl sites for hydroxylation is 2. The molecule has 0 aliphatic carbocycles. The van der Waals surface area contributed by atoms with Gasteiger partial charge in [0.05, 0.1) is 5.02 Å². The van der Waals surface area contributed by atoms with Gasteiger partial charge in [0.1, 0.15) is 18.1 Å². The first-order valence-corrected chi connectivity index (χ1v) is 11.0. The summed E-state index contributed by atoms with van der Waals surface area (Å²) in [5, 5.41) is 15.3. The lowest BCUT2D eigenvalue weighted by Gasteiger charge is -2.09. The second-order valence-electron chi connectivity index (χ2n) is 6.40. The van der Waals surface area contributed by atoms with E-state index >= 15 is 0 Å². The van der Waals surface area contributed by atoms with Gasteiger partial charge in [0.25, 0.3) is 5.91 Å². The average Bonchev–Trinajstić information content (AvgIpc) is 3.15. The Bertz CT molecular complexity index is 1110. The first kappa shape index (κ1) is 23.2. The van der Waals surface area contributed by atoms with E-state index in [1.165, 1.54) is 23.0 Å². The van der Waals surface area contributed by atoms with Crippen LogP contribution in [0, 0.1) is 13.8 Å². The summed E-state index contributed by atoms with van der Waals surface area (Å²) in [5.74, 6) is 0.653. The normalized spacial score (nSPS) is 10.5. The summed E-state index contributed by atoms with van der Waals surface area (Å²) in [4.78, 5) is 12.0. The quantitative estimate of drug-likeness (QED) is 0.448. The Morgan fingerprint density at radius 2 is 1.90 bits per heavy atom. The highest BCUT2D eigenvalue weighted by molar-refractivity contribution is 7.80. The zero-order valence-corrected chi connectivity index (χ0v) is 19.7. The molecule has 31 heavy (non-hydrogen) atoms. The molecule has 0 bridgehead atoms. The molecule has 1 aromatic heterocycles. The van der Waals surface area contributed by atoms with E-state index in [1.807, 2.05) is 32.0 Å². The molecule has 3 rings (SSSR count). The van der Waals surface area contributed by atoms with Crippen molar-refractivity contribution in [3.63, 3.8) is 0 Å². The van der Waals surface area contributed by atoms with Crippen molar-refractivity contribution < 1.29 is 14.3 Å². The van der Waals surface area contributed by atoms with Crippen molar-refractivity contribution in [2.24, 2.45) is 0 Å². The minimum Gasteiger partial charge on any atom is -0.486 e. The second-order valence-corrected chi connectivity index (χ2v) is 8.72. The largest absolute Gasteiger partial charge is 0.486 e. The zero-order valence-electron chi connectivity index (χ0n) is 16.6. The number of ether oxygens (including phenoxy) is 2. The molecule has 0 aliphatic heterocycles. The van der Waals surface area contributed by atoms with E-state index in [-0.39, 0.29) is 18.3 Å². The Morgan fingerprint density at radius 3 is 2.65 bits per heavy atom. The summed E-state index contributed by atoms with van der Waals surface area (Å²) in [7, 11) is 0. The number of rotatable bonds is 7. The Labute approximate surface area is 198 Å². The molecule has 3 aromatic rings. The number of thiocarbonyl (C=S) groups is 1. The molecule has 0 radical (unpaired) electrons. The van der Waals surface area contributed by atoms with Crippen molar-refractivity contribution >= 4 is 62.9 Å². The standard InChI is InChI=1S/C20H18Cl2N4O3S2/c1-11-3-5-14(7-12(11)2)28-10-18-25-26-20(31-18)24-19(30)23-17(27)9-29-16-6-4-13(21)8-15(16)22/h3-8H,9-10H2,1-2H3,(H2,23,24,26,27,30). The van der Waals surface area contributed by atoms with Gasteiger partial charge in [-0.25, -0.2) is 0 Å². The Kier molecular flexibility index (Phi) is 8.03. The molecule has 0 spiro atoms. The molecule has 0 atom stereocenters. The van der Waals surface area contributed by atoms with Crippen LogP contribution in [0.3, 0.4) is 0 Å². The summed E-state index contributed by atoms with van der Waals surface area (Å²) < 4.78 is 11.1. The Balaban J connectivity index is 1.44. The van der Waals surface area contributed by atoms with Crippen LogP contribution in [-0.4, -0.2) is 27.8 Å². The zero-order chi connectivity index (χ0) is 22.4. The third-order valence-corrected chi connectivity index (χ3v) is 5.58. The molecule has 1 heterocycles. The van der Waals surface area contributed by atoms with Crippen LogP contribution < -0.4 is 20.1 Å². The number of hydrogen-bond acceptors (Lipinski definition) is 7. The molecule has 0 saturated carbocycles. The van der Waals surface area contributed by atoms with Gasteiger partial charge in [-0.1, -0.05) is 40.6 Å². The lowest BCUT2D eigenvalue weighted by Crippen LogP contribution is -2.37. The average molecular weight is 497 g/mol. The van der Waals surface area contributed by atoms with Crippen molar-refractivity contribution in [3.8, 4) is 11.5 Å². The SMILES string of the molecule is Cc1ccc(OCc2nnc(NC(=S)NC(=O)COc3ccc(Cl)cc3Cl)s2)cc1C. The maximum Gasteiger partial charge on any atom is 0.264 e. The highest BCUT2D eigenvalue weighted by Gasteiger charge is 2.11. The van der Waals surface area contributed by atoms with Gasteiger partial charge in [-0.2, -0.15) is 0 Å². The van der Waals surface area contributed by atoms with E-state index in [9.17, 15) is 4.79 Å². The van der Waals surface area contributed by atoms with Crippen LogP contribution in [0.15, 0.2) is 36.4 Å². The lowest BCUT2D eigenvalue weighted by molar-refractivity contribution is -0.121. The molecular formula is C20H18Cl2N4O3S2. The number of amides is 1. The summed E-state index contributed by atoms with van der Waals surface area (Å²) in [6.45, 7) is 4.08. The van der Waals surface area contributed by atoms with Crippen LogP contribution >= 0.6 is 46.8 Å². The minimum atomic E-state index is -0.452. The molecule has 2 N–H and O–H groups in total. The van der Waals surface area contributed by atoms with Gasteiger partial charge in [0, 0.05) is 5.02 Å². The number of halogens is 2. The number of carbonyl (C=O) groups is 1. The molecule has 7 nitrogen and oxygen atoms in total. The van der Waals surface area contributed by atoms with Gasteiger partial charge in [0.15, 0.2) is 16.7 Å². The molecular weight excluding hydrogens is 479 g/mol. The first-order chi connectivity index (χ1) is 14.8. The molecule has 0 aliphatic rings. The van der Waals surface area contributed by atoms with Gasteiger partial charge in [-0.3, -0.25) is 10.1 Å². The first-order valence-electron chi connectivity index (χ1n) is 9.01. The van der Waals surface area contributed by atoms with Crippen LogP contribution in [0.5, 0.6) is 11.5 Å². The number of nitrogens with zero attached hydrogens (tertiary/aromatic N) is 2. The fourth-order valence-electron chi connectivity index (χ4n) is 2.34. The maximum atomic E-state index is 12.0. The van der Waals surface area contributed by atoms with Crippen molar-refractivity contribution in [1.29, 1.82) is 0 Å². The van der Waals surface area contributed by atoms with E-state index in [4.69, 9.17) is 44.9 Å². The van der Waals surface area contributed by atoms with Gasteiger partial charge >= 0.3 is 0 Å². The van der Waals surface area contributed by atoms with Crippen LogP contribution in [0.1, 0.15) is 16.1 Å². The van der Waals surface area contributed by atoms with Crippen LogP contribution in [-0.2, 0) is 11.4 Å². The van der Waals surface area contributed by atoms with E-state index < -0.39 is 5.91 Å².